The van der Waals surface area contributed by atoms with Crippen molar-refractivity contribution < 1.29 is 49.2 Å². The van der Waals surface area contributed by atoms with Crippen LogP contribution in [0.2, 0.25) is 0 Å². The summed E-state index contributed by atoms with van der Waals surface area (Å²) in [7, 11) is -4.64. The Morgan fingerprint density at radius 2 is 1.87 bits per heavy atom. The molecule has 16 nitrogen and oxygen atoms in total. The van der Waals surface area contributed by atoms with Gasteiger partial charge in [-0.1, -0.05) is 0 Å². The molecule has 2 aromatic heterocycles. The first kappa shape index (κ1) is 24.2. The lowest BCUT2D eigenvalue weighted by atomic mass is 9.94. The van der Waals surface area contributed by atoms with Crippen molar-refractivity contribution in [1.82, 2.24) is 19.5 Å². The Morgan fingerprint density at radius 1 is 1.27 bits per heavy atom. The molecule has 5 atom stereocenters. The van der Waals surface area contributed by atoms with Gasteiger partial charge in [0.2, 0.25) is 11.5 Å². The smallest absolute Gasteiger partial charge is 0.394 e. The standard InChI is InChI=1S/C13H18N6O6.H3O4P/c14-5(1-20)9(23)13(10(24)8(22)6(2-21)25-13)19-4-18-7-11(15)16-3-17-12(7)19;1-5(2,3)4/h3-6,8,10,20-22,24H,1-2,14H2,(H2,15,16,17);(H3,1,2,3,4)/t5-,6+,8+,10+,13+;/m0./s1. The number of aromatic nitrogens is 4. The maximum atomic E-state index is 12.9. The third-order valence-electron chi connectivity index (χ3n) is 4.22. The van der Waals surface area contributed by atoms with Crippen molar-refractivity contribution >= 4 is 30.6 Å². The van der Waals surface area contributed by atoms with Gasteiger partial charge in [-0.2, -0.15) is 0 Å². The van der Waals surface area contributed by atoms with Crippen LogP contribution in [-0.4, -0.2) is 98.0 Å². The Bertz CT molecular complexity index is 943. The van der Waals surface area contributed by atoms with E-state index in [1.54, 1.807) is 0 Å². The second-order valence-electron chi connectivity index (χ2n) is 6.18. The highest BCUT2D eigenvalue weighted by molar-refractivity contribution is 7.45. The first-order valence-electron chi connectivity index (χ1n) is 8.16. The summed E-state index contributed by atoms with van der Waals surface area (Å²) in [5.41, 5.74) is 9.30. The first-order chi connectivity index (χ1) is 13.9. The number of anilines is 1. The van der Waals surface area contributed by atoms with E-state index in [1.807, 2.05) is 0 Å². The molecular weight excluding hydrogens is 431 g/mol. The summed E-state index contributed by atoms with van der Waals surface area (Å²) in [5, 5.41) is 39.3. The molecule has 1 aliphatic rings. The fraction of sp³-hybridized carbons (Fsp3) is 0.538. The molecule has 0 aromatic carbocycles. The second kappa shape index (κ2) is 8.94. The molecule has 1 aliphatic heterocycles. The molecular formula is C13H21N6O10P. The number of nitrogens with zero attached hydrogens (tertiary/aromatic N) is 4. The molecule has 0 bridgehead atoms. The van der Waals surface area contributed by atoms with Crippen LogP contribution >= 0.6 is 7.82 Å². The molecule has 1 saturated heterocycles. The minimum Gasteiger partial charge on any atom is -0.394 e. The highest BCUT2D eigenvalue weighted by atomic mass is 31.2. The van der Waals surface area contributed by atoms with Crippen molar-refractivity contribution in [3.63, 3.8) is 0 Å². The summed E-state index contributed by atoms with van der Waals surface area (Å²) in [6.07, 6.45) is -2.39. The fourth-order valence-electron chi connectivity index (χ4n) is 2.92. The predicted octanol–water partition coefficient (Wildman–Crippen LogP) is -4.87. The third kappa shape index (κ3) is 4.47. The van der Waals surface area contributed by atoms with Crippen LogP contribution in [0.4, 0.5) is 5.82 Å². The Balaban J connectivity index is 0.000000575. The van der Waals surface area contributed by atoms with E-state index in [0.29, 0.717) is 0 Å². The van der Waals surface area contributed by atoms with Crippen molar-refractivity contribution in [3.05, 3.63) is 12.7 Å². The minimum absolute atomic E-state index is 0.0320. The third-order valence-corrected chi connectivity index (χ3v) is 4.22. The molecule has 2 aromatic rings. The summed E-state index contributed by atoms with van der Waals surface area (Å²) in [6.45, 7) is -1.38. The molecule has 30 heavy (non-hydrogen) atoms. The van der Waals surface area contributed by atoms with E-state index in [2.05, 4.69) is 15.0 Å². The van der Waals surface area contributed by atoms with Gasteiger partial charge in [0.1, 0.15) is 36.5 Å². The van der Waals surface area contributed by atoms with Crippen LogP contribution in [0.1, 0.15) is 0 Å². The lowest BCUT2D eigenvalue weighted by molar-refractivity contribution is -0.176. The summed E-state index contributed by atoms with van der Waals surface area (Å²) in [6, 6.07) is -1.42. The van der Waals surface area contributed by atoms with Gasteiger partial charge in [0, 0.05) is 0 Å². The van der Waals surface area contributed by atoms with Gasteiger partial charge in [-0.25, -0.2) is 19.5 Å². The lowest BCUT2D eigenvalue weighted by Gasteiger charge is -2.33. The summed E-state index contributed by atoms with van der Waals surface area (Å²) in [4.78, 5) is 46.2. The van der Waals surface area contributed by atoms with Crippen molar-refractivity contribution in [2.24, 2.45) is 5.73 Å². The zero-order valence-electron chi connectivity index (χ0n) is 15.1. The summed E-state index contributed by atoms with van der Waals surface area (Å²) < 4.78 is 15.5. The normalized spacial score (nSPS) is 27.5. The van der Waals surface area contributed by atoms with Gasteiger partial charge in [0.15, 0.2) is 11.5 Å². The van der Waals surface area contributed by atoms with Gasteiger partial charge < -0.3 is 51.3 Å². The highest BCUT2D eigenvalue weighted by Gasteiger charge is 2.61. The first-order valence-corrected chi connectivity index (χ1v) is 9.72. The number of imidazole rings is 1. The number of hydrogen-bond acceptors (Lipinski definition) is 12. The molecule has 0 amide bonds. The molecule has 1 fully saturated rings. The average molecular weight is 452 g/mol. The molecule has 0 spiro atoms. The number of nitrogen functional groups attached to an aromatic ring is 1. The number of Topliss-reactive ketones (excluding diaryl/α,β-unsaturated/α-hetero) is 1. The van der Waals surface area contributed by atoms with Crippen LogP contribution in [-0.2, 0) is 19.8 Å². The number of hydrogen-bond donors (Lipinski definition) is 9. The monoisotopic (exact) mass is 452 g/mol. The molecule has 3 rings (SSSR count). The van der Waals surface area contributed by atoms with E-state index >= 15 is 0 Å². The summed E-state index contributed by atoms with van der Waals surface area (Å²) in [5.74, 6) is -0.890. The van der Waals surface area contributed by atoms with Crippen molar-refractivity contribution in [2.75, 3.05) is 18.9 Å². The zero-order chi connectivity index (χ0) is 22.9. The number of aliphatic hydroxyl groups excluding tert-OH is 4. The molecule has 11 N–H and O–H groups in total. The molecule has 0 saturated carbocycles. The lowest BCUT2D eigenvalue weighted by Crippen LogP contribution is -2.58. The Hall–Kier alpha value is -2.11. The number of ether oxygens (including phenoxy) is 1. The molecule has 3 heterocycles. The van der Waals surface area contributed by atoms with Crippen LogP contribution in [0, 0.1) is 0 Å². The molecule has 17 heteroatoms. The SMILES string of the molecule is Nc1ncnc2c1ncn2[C@]1(C(=O)[C@@H](N)CO)O[C@H](CO)[C@@H](O)[C@H]1O.O=P(O)(O)O. The Kier molecular flexibility index (Phi) is 7.20. The van der Waals surface area contributed by atoms with Crippen molar-refractivity contribution in [1.29, 1.82) is 0 Å². The largest absolute Gasteiger partial charge is 0.466 e. The van der Waals surface area contributed by atoms with E-state index in [0.717, 1.165) is 17.2 Å². The van der Waals surface area contributed by atoms with Crippen LogP contribution in [0.25, 0.3) is 11.2 Å². The van der Waals surface area contributed by atoms with Gasteiger partial charge in [-0.05, 0) is 0 Å². The quantitative estimate of drug-likeness (QED) is 0.192. The number of phosphoric acid groups is 1. The van der Waals surface area contributed by atoms with Crippen LogP contribution in [0.15, 0.2) is 12.7 Å². The predicted molar refractivity (Wildman–Crippen MR) is 96.0 cm³/mol. The Labute approximate surface area is 167 Å². The number of rotatable bonds is 5. The number of ketones is 1. The van der Waals surface area contributed by atoms with Gasteiger partial charge in [0.25, 0.3) is 0 Å². The van der Waals surface area contributed by atoms with Gasteiger partial charge in [-0.3, -0.25) is 9.36 Å². The van der Waals surface area contributed by atoms with Crippen molar-refractivity contribution in [3.8, 4) is 0 Å². The zero-order valence-corrected chi connectivity index (χ0v) is 16.0. The van der Waals surface area contributed by atoms with Crippen LogP contribution in [0.5, 0.6) is 0 Å². The number of carbonyl (C=O) groups is 1. The van der Waals surface area contributed by atoms with E-state index < -0.39 is 56.9 Å². The second-order valence-corrected chi connectivity index (χ2v) is 7.21. The maximum absolute atomic E-state index is 12.9. The van der Waals surface area contributed by atoms with Gasteiger partial charge in [-0.15, -0.1) is 0 Å². The number of aliphatic hydroxyl groups is 4. The number of nitrogens with two attached hydrogens (primary N) is 2. The molecule has 0 unspecified atom stereocenters. The molecule has 168 valence electrons. The number of carbonyl (C=O) groups excluding carboxylic acids is 1. The van der Waals surface area contributed by atoms with E-state index in [9.17, 15) is 25.2 Å². The maximum Gasteiger partial charge on any atom is 0.466 e. The average Bonchev–Trinajstić information content (AvgIpc) is 3.21. The van der Waals surface area contributed by atoms with E-state index in [4.69, 9.17) is 35.4 Å². The highest BCUT2D eigenvalue weighted by Crippen LogP contribution is 2.39. The summed E-state index contributed by atoms with van der Waals surface area (Å²) >= 11 is 0. The van der Waals surface area contributed by atoms with Gasteiger partial charge >= 0.3 is 7.82 Å². The minimum atomic E-state index is -4.64. The fourth-order valence-corrected chi connectivity index (χ4v) is 2.92. The van der Waals surface area contributed by atoms with Crippen LogP contribution in [0.3, 0.4) is 0 Å². The molecule has 0 aliphatic carbocycles. The van der Waals surface area contributed by atoms with E-state index in [-0.39, 0.29) is 17.0 Å². The van der Waals surface area contributed by atoms with E-state index in [1.165, 1.54) is 0 Å². The topological polar surface area (TPSA) is 281 Å². The van der Waals surface area contributed by atoms with Gasteiger partial charge in [0.05, 0.1) is 19.3 Å². The number of fused-ring (bicyclic) bond motifs is 1. The molecule has 0 radical (unpaired) electrons. The Morgan fingerprint density at radius 3 is 2.37 bits per heavy atom. The van der Waals surface area contributed by atoms with Crippen LogP contribution < -0.4 is 11.5 Å². The van der Waals surface area contributed by atoms with Crippen molar-refractivity contribution in [2.45, 2.75) is 30.1 Å².